The number of nitrogen functional groups attached to an aromatic ring is 1. The van der Waals surface area contributed by atoms with Crippen molar-refractivity contribution in [3.8, 4) is 17.5 Å². The number of halogens is 1. The Balaban J connectivity index is 2.61. The molecule has 1 aromatic carbocycles. The van der Waals surface area contributed by atoms with E-state index in [1.54, 1.807) is 25.1 Å². The zero-order valence-corrected chi connectivity index (χ0v) is 9.11. The summed E-state index contributed by atoms with van der Waals surface area (Å²) in [6.45, 7) is 1.79. The number of nitrogens with zero attached hydrogens (tertiary/aromatic N) is 3. The number of nitriles is 1. The second-order valence-corrected chi connectivity index (χ2v) is 3.52. The Labute approximate surface area is 97.6 Å². The molecule has 0 bridgehead atoms. The molecule has 1 aromatic heterocycles. The maximum Gasteiger partial charge on any atom is 0.183 e. The van der Waals surface area contributed by atoms with Gasteiger partial charge in [0.05, 0.1) is 17.8 Å². The quantitative estimate of drug-likeness (QED) is 0.810. The van der Waals surface area contributed by atoms with Gasteiger partial charge in [0.2, 0.25) is 0 Å². The maximum absolute atomic E-state index is 13.0. The van der Waals surface area contributed by atoms with E-state index in [0.717, 1.165) is 11.8 Å². The summed E-state index contributed by atoms with van der Waals surface area (Å²) in [6, 6.07) is 7.26. The standard InChI is InChI=1S/C12H9FN4/c1-7-8(5-14)3-2-4-9(7)12-16-6-10(13)11(15)17-12/h2-4,6H,1H3,(H2,15,16,17). The molecular weight excluding hydrogens is 219 g/mol. The van der Waals surface area contributed by atoms with Gasteiger partial charge in [0.15, 0.2) is 17.5 Å². The fraction of sp³-hybridized carbons (Fsp3) is 0.0833. The molecule has 4 nitrogen and oxygen atoms in total. The van der Waals surface area contributed by atoms with Gasteiger partial charge >= 0.3 is 0 Å². The van der Waals surface area contributed by atoms with Gasteiger partial charge in [-0.1, -0.05) is 12.1 Å². The van der Waals surface area contributed by atoms with Crippen molar-refractivity contribution in [2.24, 2.45) is 0 Å². The highest BCUT2D eigenvalue weighted by atomic mass is 19.1. The summed E-state index contributed by atoms with van der Waals surface area (Å²) in [5, 5.41) is 8.91. The minimum absolute atomic E-state index is 0.197. The Morgan fingerprint density at radius 1 is 1.41 bits per heavy atom. The van der Waals surface area contributed by atoms with Crippen molar-refractivity contribution in [1.29, 1.82) is 5.26 Å². The Morgan fingerprint density at radius 2 is 2.18 bits per heavy atom. The highest BCUT2D eigenvalue weighted by Crippen LogP contribution is 2.23. The van der Waals surface area contributed by atoms with E-state index < -0.39 is 5.82 Å². The third-order valence-electron chi connectivity index (χ3n) is 2.47. The number of benzene rings is 1. The van der Waals surface area contributed by atoms with Gasteiger partial charge in [-0.15, -0.1) is 0 Å². The molecule has 2 aromatic rings. The van der Waals surface area contributed by atoms with Crippen molar-refractivity contribution in [2.75, 3.05) is 5.73 Å². The molecule has 0 aliphatic rings. The lowest BCUT2D eigenvalue weighted by molar-refractivity contribution is 0.620. The zero-order chi connectivity index (χ0) is 12.4. The third kappa shape index (κ3) is 1.93. The zero-order valence-electron chi connectivity index (χ0n) is 9.11. The summed E-state index contributed by atoms with van der Waals surface area (Å²) in [7, 11) is 0. The molecule has 0 aliphatic heterocycles. The van der Waals surface area contributed by atoms with Crippen molar-refractivity contribution in [3.05, 3.63) is 41.3 Å². The van der Waals surface area contributed by atoms with E-state index in [1.807, 2.05) is 0 Å². The average Bonchev–Trinajstić information content (AvgIpc) is 2.33. The Kier molecular flexibility index (Phi) is 2.71. The lowest BCUT2D eigenvalue weighted by atomic mass is 10.0. The lowest BCUT2D eigenvalue weighted by Crippen LogP contribution is -2.00. The largest absolute Gasteiger partial charge is 0.381 e. The number of aromatic nitrogens is 2. The highest BCUT2D eigenvalue weighted by molar-refractivity contribution is 5.64. The van der Waals surface area contributed by atoms with Crippen LogP contribution in [0.1, 0.15) is 11.1 Å². The maximum atomic E-state index is 13.0. The first kappa shape index (κ1) is 11.0. The molecule has 0 fully saturated rings. The molecule has 0 spiro atoms. The lowest BCUT2D eigenvalue weighted by Gasteiger charge is -2.06. The predicted molar refractivity (Wildman–Crippen MR) is 61.3 cm³/mol. The van der Waals surface area contributed by atoms with Crippen LogP contribution in [-0.4, -0.2) is 9.97 Å². The van der Waals surface area contributed by atoms with Crippen LogP contribution in [0, 0.1) is 24.1 Å². The average molecular weight is 228 g/mol. The first-order valence-electron chi connectivity index (χ1n) is 4.91. The van der Waals surface area contributed by atoms with Crippen LogP contribution in [0.25, 0.3) is 11.4 Å². The summed E-state index contributed by atoms with van der Waals surface area (Å²) in [5.41, 5.74) is 7.35. The number of anilines is 1. The number of hydrogen-bond acceptors (Lipinski definition) is 4. The van der Waals surface area contributed by atoms with Gasteiger partial charge in [-0.3, -0.25) is 0 Å². The molecule has 17 heavy (non-hydrogen) atoms. The molecule has 0 atom stereocenters. The van der Waals surface area contributed by atoms with E-state index >= 15 is 0 Å². The summed E-state index contributed by atoms with van der Waals surface area (Å²) in [4.78, 5) is 7.73. The summed E-state index contributed by atoms with van der Waals surface area (Å²) >= 11 is 0. The van der Waals surface area contributed by atoms with Crippen molar-refractivity contribution < 1.29 is 4.39 Å². The van der Waals surface area contributed by atoms with Crippen molar-refractivity contribution in [3.63, 3.8) is 0 Å². The van der Waals surface area contributed by atoms with Gasteiger partial charge < -0.3 is 5.73 Å². The van der Waals surface area contributed by atoms with Crippen LogP contribution in [0.2, 0.25) is 0 Å². The Hall–Kier alpha value is -2.48. The third-order valence-corrected chi connectivity index (χ3v) is 2.47. The molecule has 0 radical (unpaired) electrons. The Morgan fingerprint density at radius 3 is 2.82 bits per heavy atom. The van der Waals surface area contributed by atoms with Gasteiger partial charge in [-0.05, 0) is 18.6 Å². The predicted octanol–water partition coefficient (Wildman–Crippen LogP) is 2.04. The van der Waals surface area contributed by atoms with E-state index in [9.17, 15) is 4.39 Å². The smallest absolute Gasteiger partial charge is 0.183 e. The van der Waals surface area contributed by atoms with Gasteiger partial charge in [0, 0.05) is 5.56 Å². The molecule has 1 heterocycles. The summed E-state index contributed by atoms with van der Waals surface area (Å²) in [6.07, 6.45) is 1.02. The molecule has 0 unspecified atom stereocenters. The topological polar surface area (TPSA) is 75.6 Å². The van der Waals surface area contributed by atoms with E-state index in [-0.39, 0.29) is 5.82 Å². The van der Waals surface area contributed by atoms with Crippen LogP contribution in [0.3, 0.4) is 0 Å². The molecule has 0 saturated carbocycles. The molecule has 0 aliphatic carbocycles. The minimum atomic E-state index is -0.650. The van der Waals surface area contributed by atoms with E-state index in [2.05, 4.69) is 16.0 Å². The van der Waals surface area contributed by atoms with Crippen molar-refractivity contribution >= 4 is 5.82 Å². The first-order chi connectivity index (χ1) is 8.13. The van der Waals surface area contributed by atoms with Crippen LogP contribution in [0.4, 0.5) is 10.2 Å². The highest BCUT2D eigenvalue weighted by Gasteiger charge is 2.10. The van der Waals surface area contributed by atoms with Gasteiger partial charge in [-0.2, -0.15) is 5.26 Å². The molecule has 84 valence electrons. The molecule has 0 amide bonds. The van der Waals surface area contributed by atoms with Crippen molar-refractivity contribution in [1.82, 2.24) is 9.97 Å². The summed E-state index contributed by atoms with van der Waals surface area (Å²) < 4.78 is 13.0. The second kappa shape index (κ2) is 4.18. The first-order valence-corrected chi connectivity index (χ1v) is 4.91. The molecule has 2 rings (SSSR count). The number of nitrogens with two attached hydrogens (primary N) is 1. The minimum Gasteiger partial charge on any atom is -0.381 e. The van der Waals surface area contributed by atoms with Gasteiger partial charge in [0.25, 0.3) is 0 Å². The number of rotatable bonds is 1. The molecule has 0 saturated heterocycles. The van der Waals surface area contributed by atoms with Gasteiger partial charge in [0.1, 0.15) is 0 Å². The number of hydrogen-bond donors (Lipinski definition) is 1. The summed E-state index contributed by atoms with van der Waals surface area (Å²) in [5.74, 6) is -0.530. The Bertz CT molecular complexity index is 616. The van der Waals surface area contributed by atoms with E-state index in [0.29, 0.717) is 17.0 Å². The molecule has 2 N–H and O–H groups in total. The van der Waals surface area contributed by atoms with E-state index in [4.69, 9.17) is 11.0 Å². The SMILES string of the molecule is Cc1c(C#N)cccc1-c1ncc(F)c(N)n1. The molecule has 5 heteroatoms. The van der Waals surface area contributed by atoms with Crippen LogP contribution in [-0.2, 0) is 0 Å². The van der Waals surface area contributed by atoms with Crippen molar-refractivity contribution in [2.45, 2.75) is 6.92 Å². The van der Waals surface area contributed by atoms with Crippen LogP contribution >= 0.6 is 0 Å². The van der Waals surface area contributed by atoms with Gasteiger partial charge in [-0.25, -0.2) is 14.4 Å². The monoisotopic (exact) mass is 228 g/mol. The van der Waals surface area contributed by atoms with Crippen LogP contribution < -0.4 is 5.73 Å². The normalized spacial score (nSPS) is 9.94. The molecular formula is C12H9FN4. The second-order valence-electron chi connectivity index (χ2n) is 3.52. The fourth-order valence-corrected chi connectivity index (χ4v) is 1.51. The fourth-order valence-electron chi connectivity index (χ4n) is 1.51. The van der Waals surface area contributed by atoms with Crippen LogP contribution in [0.15, 0.2) is 24.4 Å². The van der Waals surface area contributed by atoms with Crippen LogP contribution in [0.5, 0.6) is 0 Å². The van der Waals surface area contributed by atoms with E-state index in [1.165, 1.54) is 0 Å².